The van der Waals surface area contributed by atoms with Gasteiger partial charge in [0.05, 0.1) is 0 Å². The van der Waals surface area contributed by atoms with Crippen molar-refractivity contribution in [3.05, 3.63) is 0 Å². The van der Waals surface area contributed by atoms with Gasteiger partial charge < -0.3 is 5.11 Å². The average Bonchev–Trinajstić information content (AvgIpc) is 2.30. The summed E-state index contributed by atoms with van der Waals surface area (Å²) in [5, 5.41) is 10.5. The van der Waals surface area contributed by atoms with Crippen LogP contribution in [-0.2, 0) is 0 Å². The standard InChI is InChI=1S/C15H30OS.Na/c1-2-3-4-5-6-7-8-9-10-11-12-13-14-15(16)17;/h2-14H2,1H3,(H,16,17);/q;+1/p-1. The molecular weight excluding hydrogens is 251 g/mol. The minimum atomic E-state index is -0.0721. The van der Waals surface area contributed by atoms with Gasteiger partial charge >= 0.3 is 29.6 Å². The van der Waals surface area contributed by atoms with Crippen LogP contribution in [0, 0.1) is 0 Å². The Morgan fingerprint density at radius 1 is 0.722 bits per heavy atom. The van der Waals surface area contributed by atoms with Gasteiger partial charge in [0, 0.05) is 0 Å². The van der Waals surface area contributed by atoms with E-state index in [-0.39, 0.29) is 34.6 Å². The molecule has 102 valence electrons. The second-order valence-electron chi connectivity index (χ2n) is 5.01. The third-order valence-electron chi connectivity index (χ3n) is 3.23. The summed E-state index contributed by atoms with van der Waals surface area (Å²) in [5.41, 5.74) is 0. The molecule has 0 N–H and O–H groups in total. The van der Waals surface area contributed by atoms with Gasteiger partial charge in [0.15, 0.2) is 0 Å². The van der Waals surface area contributed by atoms with Gasteiger partial charge in [-0.3, -0.25) is 0 Å². The molecule has 1 nitrogen and oxygen atoms in total. The fourth-order valence-electron chi connectivity index (χ4n) is 2.11. The van der Waals surface area contributed by atoms with Crippen LogP contribution in [-0.4, -0.2) is 5.05 Å². The largest absolute Gasteiger partial charge is 1.00 e. The van der Waals surface area contributed by atoms with Crippen LogP contribution in [0.3, 0.4) is 0 Å². The minimum Gasteiger partial charge on any atom is -0.867 e. The van der Waals surface area contributed by atoms with E-state index in [2.05, 4.69) is 19.1 Å². The van der Waals surface area contributed by atoms with Gasteiger partial charge in [0.1, 0.15) is 0 Å². The van der Waals surface area contributed by atoms with Crippen molar-refractivity contribution in [3.8, 4) is 0 Å². The topological polar surface area (TPSA) is 23.1 Å². The summed E-state index contributed by atoms with van der Waals surface area (Å²) in [6, 6.07) is 0. The van der Waals surface area contributed by atoms with E-state index >= 15 is 0 Å². The first-order chi connectivity index (χ1) is 8.27. The van der Waals surface area contributed by atoms with Crippen molar-refractivity contribution in [1.29, 1.82) is 0 Å². The summed E-state index contributed by atoms with van der Waals surface area (Å²) in [4.78, 5) is 0. The Morgan fingerprint density at radius 3 is 1.39 bits per heavy atom. The molecule has 0 radical (unpaired) electrons. The maximum Gasteiger partial charge on any atom is 1.00 e. The van der Waals surface area contributed by atoms with E-state index in [1.165, 1.54) is 70.6 Å². The number of thiocarbonyl (C=S) groups is 1. The molecule has 0 amide bonds. The van der Waals surface area contributed by atoms with E-state index in [9.17, 15) is 5.11 Å². The van der Waals surface area contributed by atoms with Crippen LogP contribution in [0.5, 0.6) is 0 Å². The SMILES string of the molecule is CCCCCCCCCCCCCCC([O-])=S.[Na+]. The van der Waals surface area contributed by atoms with E-state index in [0.717, 1.165) is 6.42 Å². The molecule has 0 saturated carbocycles. The quantitative estimate of drug-likeness (QED) is 0.291. The van der Waals surface area contributed by atoms with E-state index in [1.54, 1.807) is 0 Å². The predicted octanol–water partition coefficient (Wildman–Crippen LogP) is 1.77. The zero-order valence-corrected chi connectivity index (χ0v) is 15.3. The van der Waals surface area contributed by atoms with Gasteiger partial charge in [0.25, 0.3) is 0 Å². The van der Waals surface area contributed by atoms with Crippen molar-refractivity contribution in [3.63, 3.8) is 0 Å². The fourth-order valence-corrected chi connectivity index (χ4v) is 2.25. The molecule has 0 aromatic heterocycles. The predicted molar refractivity (Wildman–Crippen MR) is 78.3 cm³/mol. The van der Waals surface area contributed by atoms with E-state index in [1.807, 2.05) is 0 Å². The van der Waals surface area contributed by atoms with E-state index in [0.29, 0.717) is 6.42 Å². The fraction of sp³-hybridized carbons (Fsp3) is 0.933. The smallest absolute Gasteiger partial charge is 0.867 e. The Balaban J connectivity index is 0. The van der Waals surface area contributed by atoms with Crippen LogP contribution in [0.1, 0.15) is 90.4 Å². The molecule has 0 saturated heterocycles. The van der Waals surface area contributed by atoms with Gasteiger partial charge in [0.2, 0.25) is 0 Å². The van der Waals surface area contributed by atoms with Crippen molar-refractivity contribution >= 4 is 17.3 Å². The average molecular weight is 280 g/mol. The van der Waals surface area contributed by atoms with Crippen LogP contribution in [0.15, 0.2) is 0 Å². The van der Waals surface area contributed by atoms with Crippen molar-refractivity contribution in [2.75, 3.05) is 0 Å². The van der Waals surface area contributed by atoms with Gasteiger partial charge in [-0.2, -0.15) is 0 Å². The van der Waals surface area contributed by atoms with Gasteiger partial charge in [-0.15, -0.1) is 12.2 Å². The number of rotatable bonds is 13. The summed E-state index contributed by atoms with van der Waals surface area (Å²) < 4.78 is 0. The first-order valence-electron chi connectivity index (χ1n) is 7.47. The van der Waals surface area contributed by atoms with Crippen LogP contribution in [0.2, 0.25) is 0 Å². The third kappa shape index (κ3) is 19.2. The Labute approximate surface area is 141 Å². The maximum atomic E-state index is 10.5. The third-order valence-corrected chi connectivity index (χ3v) is 3.44. The summed E-state index contributed by atoms with van der Waals surface area (Å²) in [5.74, 6) is 0. The second kappa shape index (κ2) is 17.9. The molecule has 0 aliphatic heterocycles. The zero-order valence-electron chi connectivity index (χ0n) is 12.5. The molecule has 0 aliphatic carbocycles. The molecule has 0 unspecified atom stereocenters. The molecule has 3 heteroatoms. The Morgan fingerprint density at radius 2 is 1.06 bits per heavy atom. The summed E-state index contributed by atoms with van der Waals surface area (Å²) >= 11 is 4.52. The first-order valence-corrected chi connectivity index (χ1v) is 7.88. The minimum absolute atomic E-state index is 0. The Bertz CT molecular complexity index is 174. The molecule has 0 spiro atoms. The molecule has 0 aromatic rings. The first kappa shape index (κ1) is 21.2. The molecule has 18 heavy (non-hydrogen) atoms. The van der Waals surface area contributed by atoms with Crippen LogP contribution in [0.4, 0.5) is 0 Å². The molecule has 0 aromatic carbocycles. The van der Waals surface area contributed by atoms with Crippen LogP contribution in [0.25, 0.3) is 0 Å². The van der Waals surface area contributed by atoms with Gasteiger partial charge in [-0.1, -0.05) is 82.6 Å². The maximum absolute atomic E-state index is 10.5. The molecule has 0 fully saturated rings. The van der Waals surface area contributed by atoms with Crippen LogP contribution >= 0.6 is 12.2 Å². The zero-order chi connectivity index (χ0) is 12.8. The molecule has 0 atom stereocenters. The summed E-state index contributed by atoms with van der Waals surface area (Å²) in [6.07, 6.45) is 16.6. The van der Waals surface area contributed by atoms with E-state index in [4.69, 9.17) is 0 Å². The molecule has 0 aliphatic rings. The number of hydrogen-bond donors (Lipinski definition) is 0. The monoisotopic (exact) mass is 280 g/mol. The van der Waals surface area contributed by atoms with Crippen molar-refractivity contribution < 1.29 is 34.7 Å². The number of unbranched alkanes of at least 4 members (excludes halogenated alkanes) is 11. The Hall–Kier alpha value is 0.890. The molecule has 0 heterocycles. The van der Waals surface area contributed by atoms with Gasteiger partial charge in [-0.25, -0.2) is 0 Å². The molecule has 0 bridgehead atoms. The number of hydrogen-bond acceptors (Lipinski definition) is 2. The summed E-state index contributed by atoms with van der Waals surface area (Å²) in [7, 11) is 0. The molecule has 0 rings (SSSR count). The van der Waals surface area contributed by atoms with Crippen LogP contribution < -0.4 is 34.7 Å². The molecular formula is C15H29NaOS. The van der Waals surface area contributed by atoms with Crippen molar-refractivity contribution in [2.24, 2.45) is 0 Å². The van der Waals surface area contributed by atoms with Crippen molar-refractivity contribution in [1.82, 2.24) is 0 Å². The second-order valence-corrected chi connectivity index (χ2v) is 5.47. The van der Waals surface area contributed by atoms with E-state index < -0.39 is 0 Å². The Kier molecular flexibility index (Phi) is 21.1. The van der Waals surface area contributed by atoms with Crippen molar-refractivity contribution in [2.45, 2.75) is 90.4 Å². The summed E-state index contributed by atoms with van der Waals surface area (Å²) in [6.45, 7) is 2.26. The van der Waals surface area contributed by atoms with Gasteiger partial charge in [-0.05, 0) is 12.8 Å². The normalized spacial score (nSPS) is 10.1.